The Hall–Kier alpha value is -6.01. The average molecular weight is 698 g/mol. The van der Waals surface area contributed by atoms with E-state index >= 15 is 0 Å². The Morgan fingerprint density at radius 3 is 1.94 bits per heavy atom. The first kappa shape index (κ1) is 40.0. The fourth-order valence-corrected chi connectivity index (χ4v) is 3.20. The highest BCUT2D eigenvalue weighted by molar-refractivity contribution is 6.31. The number of aliphatic carboxylic acids is 4. The first-order valence-electron chi connectivity index (χ1n) is 12.8. The van der Waals surface area contributed by atoms with Crippen LogP contribution in [0.15, 0.2) is 73.1 Å². The van der Waals surface area contributed by atoms with Crippen LogP contribution in [0.3, 0.4) is 0 Å². The third-order valence-corrected chi connectivity index (χ3v) is 5.16. The van der Waals surface area contributed by atoms with Crippen molar-refractivity contribution in [3.8, 4) is 5.75 Å². The largest absolute Gasteiger partial charge is 0.478 e. The molecule has 19 heteroatoms. The second kappa shape index (κ2) is 20.2. The van der Waals surface area contributed by atoms with Crippen molar-refractivity contribution in [2.45, 2.75) is 6.61 Å². The van der Waals surface area contributed by atoms with E-state index in [1.54, 1.807) is 6.08 Å². The minimum atomic E-state index is -3.10. The number of carboxylic acid groups (broad SMARTS) is 4. The molecular weight excluding hydrogens is 671 g/mol. The second-order valence-electron chi connectivity index (χ2n) is 8.89. The molecule has 0 fully saturated rings. The molecule has 2 aromatic carbocycles. The van der Waals surface area contributed by atoms with Crippen LogP contribution in [0.4, 0.5) is 30.4 Å². The molecule has 48 heavy (non-hydrogen) atoms. The zero-order valence-corrected chi connectivity index (χ0v) is 25.6. The van der Waals surface area contributed by atoms with Gasteiger partial charge in [-0.2, -0.15) is 8.78 Å². The van der Waals surface area contributed by atoms with Gasteiger partial charge < -0.3 is 40.7 Å². The summed E-state index contributed by atoms with van der Waals surface area (Å²) in [5.74, 6) is -6.09. The van der Waals surface area contributed by atoms with Gasteiger partial charge in [0.15, 0.2) is 5.75 Å². The summed E-state index contributed by atoms with van der Waals surface area (Å²) in [4.78, 5) is 60.6. The number of carbonyl (C=O) groups excluding carboxylic acids is 1. The lowest BCUT2D eigenvalue weighted by atomic mass is 10.1. The van der Waals surface area contributed by atoms with Gasteiger partial charge in [0.05, 0.1) is 16.2 Å². The van der Waals surface area contributed by atoms with Gasteiger partial charge in [0.1, 0.15) is 18.0 Å². The highest BCUT2D eigenvalue weighted by Crippen LogP contribution is 2.34. The van der Waals surface area contributed by atoms with E-state index in [2.05, 4.69) is 25.3 Å². The number of amides is 1. The van der Waals surface area contributed by atoms with E-state index in [0.717, 1.165) is 0 Å². The third kappa shape index (κ3) is 16.3. The molecule has 0 aliphatic rings. The van der Waals surface area contributed by atoms with E-state index in [1.807, 2.05) is 19.0 Å². The molecule has 0 spiro atoms. The maximum Gasteiger partial charge on any atom is 0.387 e. The van der Waals surface area contributed by atoms with Gasteiger partial charge in [0.2, 0.25) is 5.91 Å². The molecule has 1 aromatic heterocycles. The number of rotatable bonds is 12. The van der Waals surface area contributed by atoms with Gasteiger partial charge >= 0.3 is 30.5 Å². The summed E-state index contributed by atoms with van der Waals surface area (Å²) in [5.41, 5.74) is 0.737. The van der Waals surface area contributed by atoms with Crippen molar-refractivity contribution in [2.75, 3.05) is 31.3 Å². The molecule has 0 atom stereocenters. The van der Waals surface area contributed by atoms with Crippen LogP contribution in [-0.4, -0.2) is 92.3 Å². The van der Waals surface area contributed by atoms with Crippen molar-refractivity contribution >= 4 is 69.5 Å². The van der Waals surface area contributed by atoms with Crippen molar-refractivity contribution in [1.29, 1.82) is 0 Å². The minimum Gasteiger partial charge on any atom is -0.478 e. The van der Waals surface area contributed by atoms with Gasteiger partial charge in [-0.3, -0.25) is 4.79 Å². The van der Waals surface area contributed by atoms with E-state index < -0.39 is 42.2 Å². The van der Waals surface area contributed by atoms with Gasteiger partial charge in [0.25, 0.3) is 0 Å². The molecule has 0 radical (unpaired) electrons. The molecule has 0 saturated heterocycles. The van der Waals surface area contributed by atoms with Crippen LogP contribution < -0.4 is 15.4 Å². The molecule has 0 aliphatic heterocycles. The molecule has 256 valence electrons. The van der Waals surface area contributed by atoms with E-state index in [1.165, 1.54) is 42.7 Å². The molecule has 0 saturated carbocycles. The fraction of sp³-hybridized carbons (Fsp3) is 0.138. The first-order valence-corrected chi connectivity index (χ1v) is 13.2. The van der Waals surface area contributed by atoms with E-state index in [0.29, 0.717) is 47.7 Å². The lowest BCUT2D eigenvalue weighted by Gasteiger charge is -2.14. The zero-order valence-electron chi connectivity index (χ0n) is 24.8. The Labute approximate surface area is 274 Å². The number of benzene rings is 2. The Kier molecular flexibility index (Phi) is 16.8. The number of carbonyl (C=O) groups is 5. The number of anilines is 3. The zero-order chi connectivity index (χ0) is 36.4. The Morgan fingerprint density at radius 2 is 1.46 bits per heavy atom. The Bertz CT molecular complexity index is 1650. The van der Waals surface area contributed by atoms with Crippen molar-refractivity contribution in [3.63, 3.8) is 0 Å². The van der Waals surface area contributed by atoms with E-state index in [-0.39, 0.29) is 22.0 Å². The predicted octanol–water partition coefficient (Wildman–Crippen LogP) is 4.25. The van der Waals surface area contributed by atoms with Crippen LogP contribution >= 0.6 is 11.6 Å². The van der Waals surface area contributed by atoms with Crippen LogP contribution in [0.1, 0.15) is 0 Å². The summed E-state index contributed by atoms with van der Waals surface area (Å²) in [6.45, 7) is -2.58. The fourth-order valence-electron chi connectivity index (χ4n) is 3.02. The first-order chi connectivity index (χ1) is 22.5. The topological polar surface area (TPSA) is 229 Å². The predicted molar refractivity (Wildman–Crippen MR) is 166 cm³/mol. The van der Waals surface area contributed by atoms with Crippen LogP contribution in [0.2, 0.25) is 5.02 Å². The van der Waals surface area contributed by atoms with Gasteiger partial charge in [-0.1, -0.05) is 17.7 Å². The van der Waals surface area contributed by atoms with Gasteiger partial charge in [-0.15, -0.1) is 0 Å². The average Bonchev–Trinajstić information content (AvgIpc) is 2.98. The number of hydrogen-bond donors (Lipinski definition) is 6. The summed E-state index contributed by atoms with van der Waals surface area (Å²) in [7, 11) is 3.67. The van der Waals surface area contributed by atoms with Crippen LogP contribution in [0, 0.1) is 5.82 Å². The molecule has 3 aromatic rings. The number of likely N-dealkylation sites (N-methyl/N-ethyl adjacent to an activating group) is 1. The molecule has 1 amide bonds. The summed E-state index contributed by atoms with van der Waals surface area (Å²) in [6.07, 6.45) is 6.37. The highest BCUT2D eigenvalue weighted by Gasteiger charge is 2.16. The van der Waals surface area contributed by atoms with Gasteiger partial charge in [-0.25, -0.2) is 33.5 Å². The van der Waals surface area contributed by atoms with Gasteiger partial charge in [-0.05, 0) is 38.4 Å². The molecule has 1 heterocycles. The van der Waals surface area contributed by atoms with Crippen molar-refractivity contribution in [3.05, 3.63) is 84.0 Å². The standard InChI is InChI=1S/C21H19ClF3N5O2.2C4H4O4/c1-30(2)7-3-4-19(31)29-17-9-13-16(10-18(17)32-21(24)25)26-11-27-20(13)28-12-5-6-15(23)14(22)8-12;2*5-3(6)1-2-4(7)8/h3-6,8-11,21H,7H2,1-2H3,(H,29,31)(H,26,27,28);2*1-2H,(H,5,6)(H,7,8)/b4-3+;2*2-1-. The molecule has 0 aliphatic carbocycles. The number of aromatic nitrogens is 2. The Balaban J connectivity index is 0.000000594. The SMILES string of the molecule is CN(C)C/C=C/C(=O)Nc1cc2c(Nc3ccc(F)c(Cl)c3)ncnc2cc1OC(F)F.O=C(O)/C=C\C(=O)O.O=C(O)/C=C\C(=O)O. The quantitative estimate of drug-likeness (QED) is 0.145. The lowest BCUT2D eigenvalue weighted by Crippen LogP contribution is -2.14. The monoisotopic (exact) mass is 697 g/mol. The second-order valence-corrected chi connectivity index (χ2v) is 9.30. The summed E-state index contributed by atoms with van der Waals surface area (Å²) in [5, 5.41) is 37.1. The van der Waals surface area contributed by atoms with Crippen LogP contribution in [0.5, 0.6) is 5.75 Å². The van der Waals surface area contributed by atoms with Crippen molar-refractivity contribution in [2.24, 2.45) is 0 Å². The lowest BCUT2D eigenvalue weighted by molar-refractivity contribution is -0.134. The van der Waals surface area contributed by atoms with Gasteiger partial charge in [0, 0.05) is 54.1 Å². The van der Waals surface area contributed by atoms with E-state index in [4.69, 9.17) is 32.0 Å². The van der Waals surface area contributed by atoms with Crippen LogP contribution in [-0.2, 0) is 24.0 Å². The number of alkyl halides is 2. The number of ether oxygens (including phenoxy) is 1. The number of nitrogens with one attached hydrogen (secondary N) is 2. The summed E-state index contributed by atoms with van der Waals surface area (Å²) in [6, 6.07) is 6.71. The number of hydrogen-bond acceptors (Lipinski definition) is 10. The Morgan fingerprint density at radius 1 is 0.896 bits per heavy atom. The van der Waals surface area contributed by atoms with Crippen molar-refractivity contribution in [1.82, 2.24) is 14.9 Å². The highest BCUT2D eigenvalue weighted by atomic mass is 35.5. The molecule has 15 nitrogen and oxygen atoms in total. The molecule has 6 N–H and O–H groups in total. The summed E-state index contributed by atoms with van der Waals surface area (Å²) < 4.78 is 43.8. The minimum absolute atomic E-state index is 0.00675. The smallest absolute Gasteiger partial charge is 0.387 e. The normalized spacial score (nSPS) is 10.8. The molecule has 0 bridgehead atoms. The van der Waals surface area contributed by atoms with E-state index in [9.17, 15) is 37.1 Å². The molecular formula is C29H27ClF3N5O10. The third-order valence-electron chi connectivity index (χ3n) is 4.87. The number of fused-ring (bicyclic) bond motifs is 1. The maximum atomic E-state index is 13.4. The number of halogens is 4. The number of carboxylic acids is 4. The van der Waals surface area contributed by atoms with Crippen molar-refractivity contribution < 1.29 is 62.3 Å². The van der Waals surface area contributed by atoms with Crippen LogP contribution in [0.25, 0.3) is 10.9 Å². The molecule has 3 rings (SSSR count). The number of nitrogens with zero attached hydrogens (tertiary/aromatic N) is 3. The maximum absolute atomic E-state index is 13.4. The molecule has 0 unspecified atom stereocenters. The summed E-state index contributed by atoms with van der Waals surface area (Å²) >= 11 is 5.82.